The van der Waals surface area contributed by atoms with E-state index in [1.807, 2.05) is 0 Å². The van der Waals surface area contributed by atoms with Crippen LogP contribution in [0, 0.1) is 5.41 Å². The average molecular weight is 318 g/mol. The highest BCUT2D eigenvalue weighted by Crippen LogP contribution is 2.37. The number of hydrogen-bond acceptors (Lipinski definition) is 3. The highest BCUT2D eigenvalue weighted by Gasteiger charge is 2.61. The lowest BCUT2D eigenvalue weighted by Crippen LogP contribution is -2.75. The van der Waals surface area contributed by atoms with E-state index < -0.39 is 49.9 Å². The van der Waals surface area contributed by atoms with Crippen molar-refractivity contribution in [3.05, 3.63) is 0 Å². The van der Waals surface area contributed by atoms with Gasteiger partial charge >= 0.3 is 31.4 Å². The lowest BCUT2D eigenvalue weighted by Gasteiger charge is -2.53. The van der Waals surface area contributed by atoms with E-state index in [0.717, 1.165) is 0 Å². The third-order valence-electron chi connectivity index (χ3n) is 3.22. The van der Waals surface area contributed by atoms with E-state index in [1.165, 1.54) is 6.92 Å². The number of amides is 2. The third-order valence-corrected chi connectivity index (χ3v) is 3.22. The molecule has 0 aromatic heterocycles. The molecule has 0 aromatic carbocycles. The van der Waals surface area contributed by atoms with Gasteiger partial charge in [0.1, 0.15) is 0 Å². The summed E-state index contributed by atoms with van der Waals surface area (Å²) in [6.07, 6.45) is -10.5. The van der Waals surface area contributed by atoms with E-state index in [4.69, 9.17) is 4.65 Å². The Morgan fingerprint density at radius 2 is 1.38 bits per heavy atom. The first-order chi connectivity index (χ1) is 9.35. The lowest BCUT2D eigenvalue weighted by atomic mass is 9.73. The molecule has 0 aromatic rings. The van der Waals surface area contributed by atoms with E-state index in [2.05, 4.69) is 0 Å². The fraction of sp³-hybridized carbons (Fsp3) is 0.778. The standard InChI is InChI=1S/C9H9BF6N2O3/c1-7-2-17(5(19)8(11,12)13)10(21-4-7)18(3-7)6(20)9(14,15)16/h2-4H2,1H3. The van der Waals surface area contributed by atoms with Gasteiger partial charge in [-0.1, -0.05) is 6.92 Å². The fourth-order valence-corrected chi connectivity index (χ4v) is 2.41. The summed E-state index contributed by atoms with van der Waals surface area (Å²) < 4.78 is 79.7. The Hall–Kier alpha value is -1.46. The molecule has 5 nitrogen and oxygen atoms in total. The van der Waals surface area contributed by atoms with Gasteiger partial charge in [-0.25, -0.2) is 0 Å². The zero-order chi connectivity index (χ0) is 16.2. The Morgan fingerprint density at radius 3 is 1.67 bits per heavy atom. The summed E-state index contributed by atoms with van der Waals surface area (Å²) in [6, 6.07) is 0. The molecule has 2 amide bonds. The second-order valence-electron chi connectivity index (χ2n) is 5.31. The van der Waals surface area contributed by atoms with Crippen molar-refractivity contribution in [2.24, 2.45) is 5.41 Å². The van der Waals surface area contributed by atoms with Gasteiger partial charge in [0.25, 0.3) is 0 Å². The molecule has 0 atom stereocenters. The molecule has 0 spiro atoms. The van der Waals surface area contributed by atoms with E-state index in [1.54, 1.807) is 0 Å². The SMILES string of the molecule is CC12COB(N(C(=O)C(F)(F)F)C1)N(C(=O)C(F)(F)F)C2. The molecule has 3 heterocycles. The van der Waals surface area contributed by atoms with Gasteiger partial charge in [-0.05, 0) is 0 Å². The Balaban J connectivity index is 2.32. The zero-order valence-electron chi connectivity index (χ0n) is 10.6. The number of nitrogens with zero attached hydrogens (tertiary/aromatic N) is 2. The highest BCUT2D eigenvalue weighted by atomic mass is 19.4. The van der Waals surface area contributed by atoms with Gasteiger partial charge in [-0.3, -0.25) is 9.59 Å². The molecular formula is C9H9BF6N2O3. The van der Waals surface area contributed by atoms with E-state index in [0.29, 0.717) is 0 Å². The second-order valence-corrected chi connectivity index (χ2v) is 5.31. The Morgan fingerprint density at radius 1 is 1.00 bits per heavy atom. The van der Waals surface area contributed by atoms with E-state index in [-0.39, 0.29) is 16.2 Å². The summed E-state index contributed by atoms with van der Waals surface area (Å²) in [4.78, 5) is 22.8. The highest BCUT2D eigenvalue weighted by molar-refractivity contribution is 6.53. The number of carbonyl (C=O) groups excluding carboxylic acids is 2. The van der Waals surface area contributed by atoms with Crippen molar-refractivity contribution in [3.8, 4) is 0 Å². The minimum absolute atomic E-state index is 0.108. The monoisotopic (exact) mass is 318 g/mol. The minimum Gasteiger partial charge on any atom is -0.397 e. The Bertz CT molecular complexity index is 443. The van der Waals surface area contributed by atoms with Gasteiger partial charge in [0.05, 0.1) is 0 Å². The molecule has 0 N–H and O–H groups in total. The summed E-state index contributed by atoms with van der Waals surface area (Å²) >= 11 is 0. The first-order valence-corrected chi connectivity index (χ1v) is 5.72. The Labute approximate surface area is 114 Å². The van der Waals surface area contributed by atoms with Crippen LogP contribution >= 0.6 is 0 Å². The molecule has 12 heteroatoms. The molecule has 3 aliphatic heterocycles. The van der Waals surface area contributed by atoms with Crippen molar-refractivity contribution in [1.82, 2.24) is 9.62 Å². The number of hydrogen-bond donors (Lipinski definition) is 0. The summed E-state index contributed by atoms with van der Waals surface area (Å²) in [5.74, 6) is -4.67. The quantitative estimate of drug-likeness (QED) is 0.490. The maximum Gasteiger partial charge on any atom is 0.553 e. The van der Waals surface area contributed by atoms with E-state index in [9.17, 15) is 35.9 Å². The number of alkyl halides is 6. The van der Waals surface area contributed by atoms with Crippen LogP contribution in [-0.2, 0) is 14.2 Å². The van der Waals surface area contributed by atoms with Gasteiger partial charge in [0, 0.05) is 25.1 Å². The van der Waals surface area contributed by atoms with Gasteiger partial charge < -0.3 is 14.3 Å². The second kappa shape index (κ2) is 4.52. The van der Waals surface area contributed by atoms with Crippen LogP contribution in [0.4, 0.5) is 26.3 Å². The van der Waals surface area contributed by atoms with E-state index >= 15 is 0 Å². The van der Waals surface area contributed by atoms with Crippen molar-refractivity contribution in [1.29, 1.82) is 0 Å². The summed E-state index contributed by atoms with van der Waals surface area (Å²) in [6.45, 7) is 0.339. The number of rotatable bonds is 0. The van der Waals surface area contributed by atoms with Crippen LogP contribution in [0.15, 0.2) is 0 Å². The van der Waals surface area contributed by atoms with Crippen LogP contribution in [0.25, 0.3) is 0 Å². The molecule has 0 aliphatic carbocycles. The molecule has 3 fully saturated rings. The first kappa shape index (κ1) is 15.9. The lowest BCUT2D eigenvalue weighted by molar-refractivity contribution is -0.194. The van der Waals surface area contributed by atoms with Gasteiger partial charge in [-0.15, -0.1) is 0 Å². The normalized spacial score (nSPS) is 21.8. The largest absolute Gasteiger partial charge is 0.553 e. The maximum absolute atomic E-state index is 12.5. The number of halogens is 6. The predicted molar refractivity (Wildman–Crippen MR) is 55.3 cm³/mol. The van der Waals surface area contributed by atoms with Gasteiger partial charge in [0.2, 0.25) is 0 Å². The molecule has 0 unspecified atom stereocenters. The smallest absolute Gasteiger partial charge is 0.397 e. The van der Waals surface area contributed by atoms with Crippen LogP contribution in [0.2, 0.25) is 0 Å². The van der Waals surface area contributed by atoms with Crippen molar-refractivity contribution in [2.45, 2.75) is 19.3 Å². The third kappa shape index (κ3) is 2.80. The molecule has 3 aliphatic rings. The van der Waals surface area contributed by atoms with Crippen molar-refractivity contribution >= 4 is 19.0 Å². The minimum atomic E-state index is -5.26. The molecule has 3 rings (SSSR count). The molecule has 21 heavy (non-hydrogen) atoms. The summed E-state index contributed by atoms with van der Waals surface area (Å²) in [7, 11) is -1.99. The van der Waals surface area contributed by atoms with Gasteiger partial charge in [0.15, 0.2) is 0 Å². The molecular weight excluding hydrogens is 309 g/mol. The number of fused-ring (bicyclic) bond motifs is 3. The summed E-state index contributed by atoms with van der Waals surface area (Å²) in [5.41, 5.74) is -1.18. The maximum atomic E-state index is 12.5. The van der Waals surface area contributed by atoms with Gasteiger partial charge in [-0.2, -0.15) is 26.3 Å². The molecule has 3 saturated heterocycles. The molecule has 0 saturated carbocycles. The average Bonchev–Trinajstić information content (AvgIpc) is 2.33. The number of carbonyl (C=O) groups is 2. The topological polar surface area (TPSA) is 49.9 Å². The van der Waals surface area contributed by atoms with Crippen LogP contribution in [0.3, 0.4) is 0 Å². The zero-order valence-corrected chi connectivity index (χ0v) is 10.6. The molecule has 118 valence electrons. The van der Waals surface area contributed by atoms with Crippen LogP contribution < -0.4 is 0 Å². The first-order valence-electron chi connectivity index (χ1n) is 5.72. The molecule has 2 bridgehead atoms. The van der Waals surface area contributed by atoms with Crippen LogP contribution in [0.5, 0.6) is 0 Å². The fourth-order valence-electron chi connectivity index (χ4n) is 2.41. The molecule has 0 radical (unpaired) electrons. The Kier molecular flexibility index (Phi) is 3.43. The van der Waals surface area contributed by atoms with Crippen LogP contribution in [0.1, 0.15) is 6.92 Å². The van der Waals surface area contributed by atoms with Crippen molar-refractivity contribution in [2.75, 3.05) is 19.7 Å². The van der Waals surface area contributed by atoms with Crippen LogP contribution in [-0.4, -0.2) is 60.7 Å². The van der Waals surface area contributed by atoms with Crippen molar-refractivity contribution < 1.29 is 40.6 Å². The van der Waals surface area contributed by atoms with Crippen molar-refractivity contribution in [3.63, 3.8) is 0 Å². The summed E-state index contributed by atoms with van der Waals surface area (Å²) in [5, 5.41) is 0. The predicted octanol–water partition coefficient (Wildman–Crippen LogP) is 0.803.